The van der Waals surface area contributed by atoms with Gasteiger partial charge in [0.05, 0.1) is 11.6 Å². The Bertz CT molecular complexity index is 365. The first-order chi connectivity index (χ1) is 8.13. The van der Waals surface area contributed by atoms with Crippen LogP contribution in [0.2, 0.25) is 0 Å². The molecule has 1 heterocycles. The highest BCUT2D eigenvalue weighted by Crippen LogP contribution is 2.05. The maximum absolute atomic E-state index is 10.8. The lowest BCUT2D eigenvalue weighted by Gasteiger charge is -2.22. The summed E-state index contributed by atoms with van der Waals surface area (Å²) in [5, 5.41) is 8.90. The van der Waals surface area contributed by atoms with Gasteiger partial charge in [-0.15, -0.1) is 6.58 Å². The standard InChI is InChI=1S/C13H18N2O2/c1-3-8-15(9-11(2)13(16)17)10-12-6-4-5-7-14-12/h3-7,11H,1,8-10H2,2H3,(H,16,17). The molecule has 0 saturated carbocycles. The highest BCUT2D eigenvalue weighted by molar-refractivity contribution is 5.69. The van der Waals surface area contributed by atoms with Gasteiger partial charge in [-0.05, 0) is 12.1 Å². The van der Waals surface area contributed by atoms with Gasteiger partial charge in [-0.1, -0.05) is 19.1 Å². The quantitative estimate of drug-likeness (QED) is 0.731. The fraction of sp³-hybridized carbons (Fsp3) is 0.385. The minimum absolute atomic E-state index is 0.390. The molecule has 0 bridgehead atoms. The molecule has 4 nitrogen and oxygen atoms in total. The van der Waals surface area contributed by atoms with Gasteiger partial charge in [0, 0.05) is 25.8 Å². The second-order valence-corrected chi connectivity index (χ2v) is 4.04. The van der Waals surface area contributed by atoms with E-state index >= 15 is 0 Å². The third kappa shape index (κ3) is 4.78. The van der Waals surface area contributed by atoms with Gasteiger partial charge in [0.25, 0.3) is 0 Å². The molecule has 92 valence electrons. The summed E-state index contributed by atoms with van der Waals surface area (Å²) in [5.74, 6) is -1.17. The van der Waals surface area contributed by atoms with E-state index in [9.17, 15) is 4.79 Å². The fourth-order valence-corrected chi connectivity index (χ4v) is 1.57. The van der Waals surface area contributed by atoms with Crippen molar-refractivity contribution in [1.29, 1.82) is 0 Å². The average molecular weight is 234 g/mol. The molecule has 1 rings (SSSR count). The molecular weight excluding hydrogens is 216 g/mol. The zero-order chi connectivity index (χ0) is 12.7. The molecule has 0 aliphatic rings. The van der Waals surface area contributed by atoms with Crippen molar-refractivity contribution >= 4 is 5.97 Å². The van der Waals surface area contributed by atoms with Crippen LogP contribution in [0.5, 0.6) is 0 Å². The summed E-state index contributed by atoms with van der Waals surface area (Å²) < 4.78 is 0. The number of carboxylic acid groups (broad SMARTS) is 1. The zero-order valence-electron chi connectivity index (χ0n) is 10.0. The topological polar surface area (TPSA) is 53.4 Å². The largest absolute Gasteiger partial charge is 0.481 e. The molecule has 0 aromatic carbocycles. The van der Waals surface area contributed by atoms with Crippen LogP contribution < -0.4 is 0 Å². The number of hydrogen-bond donors (Lipinski definition) is 1. The fourth-order valence-electron chi connectivity index (χ4n) is 1.57. The summed E-state index contributed by atoms with van der Waals surface area (Å²) in [6.07, 6.45) is 3.51. The lowest BCUT2D eigenvalue weighted by molar-refractivity contribution is -0.141. The van der Waals surface area contributed by atoms with Crippen LogP contribution in [-0.2, 0) is 11.3 Å². The molecule has 1 atom stereocenters. The van der Waals surface area contributed by atoms with Crippen molar-refractivity contribution in [3.05, 3.63) is 42.7 Å². The van der Waals surface area contributed by atoms with Gasteiger partial charge in [0.1, 0.15) is 0 Å². The van der Waals surface area contributed by atoms with Crippen molar-refractivity contribution in [3.63, 3.8) is 0 Å². The normalized spacial score (nSPS) is 12.4. The molecule has 0 radical (unpaired) electrons. The summed E-state index contributed by atoms with van der Waals surface area (Å²) in [7, 11) is 0. The van der Waals surface area contributed by atoms with Crippen LogP contribution in [0.15, 0.2) is 37.1 Å². The van der Waals surface area contributed by atoms with Crippen LogP contribution in [0.25, 0.3) is 0 Å². The summed E-state index contributed by atoms with van der Waals surface area (Å²) >= 11 is 0. The van der Waals surface area contributed by atoms with E-state index < -0.39 is 11.9 Å². The zero-order valence-corrected chi connectivity index (χ0v) is 10.0. The maximum atomic E-state index is 10.8. The van der Waals surface area contributed by atoms with Crippen molar-refractivity contribution in [3.8, 4) is 0 Å². The van der Waals surface area contributed by atoms with Gasteiger partial charge >= 0.3 is 5.97 Å². The lowest BCUT2D eigenvalue weighted by Crippen LogP contribution is -2.31. The van der Waals surface area contributed by atoms with E-state index in [-0.39, 0.29) is 0 Å². The van der Waals surface area contributed by atoms with Crippen molar-refractivity contribution in [2.45, 2.75) is 13.5 Å². The van der Waals surface area contributed by atoms with Crippen molar-refractivity contribution in [2.75, 3.05) is 13.1 Å². The Morgan fingerprint density at radius 2 is 2.41 bits per heavy atom. The van der Waals surface area contributed by atoms with E-state index in [4.69, 9.17) is 5.11 Å². The summed E-state index contributed by atoms with van der Waals surface area (Å²) in [6, 6.07) is 5.72. The molecule has 1 N–H and O–H groups in total. The van der Waals surface area contributed by atoms with E-state index in [1.165, 1.54) is 0 Å². The highest BCUT2D eigenvalue weighted by atomic mass is 16.4. The van der Waals surface area contributed by atoms with Crippen LogP contribution in [0.1, 0.15) is 12.6 Å². The Kier molecular flexibility index (Phi) is 5.36. The molecule has 1 aromatic rings. The van der Waals surface area contributed by atoms with Crippen LogP contribution in [-0.4, -0.2) is 34.0 Å². The molecule has 0 fully saturated rings. The van der Waals surface area contributed by atoms with Crippen molar-refractivity contribution in [1.82, 2.24) is 9.88 Å². The maximum Gasteiger partial charge on any atom is 0.307 e. The number of carbonyl (C=O) groups is 1. The van der Waals surface area contributed by atoms with Crippen LogP contribution in [0.4, 0.5) is 0 Å². The Balaban J connectivity index is 2.60. The number of pyridine rings is 1. The molecular formula is C13H18N2O2. The summed E-state index contributed by atoms with van der Waals surface area (Å²) in [6.45, 7) is 7.19. The number of rotatable bonds is 7. The molecule has 17 heavy (non-hydrogen) atoms. The van der Waals surface area contributed by atoms with Gasteiger partial charge in [-0.25, -0.2) is 0 Å². The number of aromatic nitrogens is 1. The van der Waals surface area contributed by atoms with E-state index in [0.717, 1.165) is 5.69 Å². The molecule has 0 aliphatic carbocycles. The SMILES string of the molecule is C=CCN(Cc1ccccn1)CC(C)C(=O)O. The van der Waals surface area contributed by atoms with Gasteiger partial charge in [0.15, 0.2) is 0 Å². The third-order valence-corrected chi connectivity index (χ3v) is 2.45. The van der Waals surface area contributed by atoms with E-state index in [1.807, 2.05) is 23.1 Å². The number of aliphatic carboxylic acids is 1. The van der Waals surface area contributed by atoms with E-state index in [1.54, 1.807) is 19.2 Å². The van der Waals surface area contributed by atoms with E-state index in [0.29, 0.717) is 19.6 Å². The van der Waals surface area contributed by atoms with Gasteiger partial charge in [0.2, 0.25) is 0 Å². The highest BCUT2D eigenvalue weighted by Gasteiger charge is 2.15. The Hall–Kier alpha value is -1.68. The predicted molar refractivity (Wildman–Crippen MR) is 66.5 cm³/mol. The molecule has 0 saturated heterocycles. The Morgan fingerprint density at radius 3 is 2.94 bits per heavy atom. The third-order valence-electron chi connectivity index (χ3n) is 2.45. The molecule has 0 spiro atoms. The average Bonchev–Trinajstić information content (AvgIpc) is 2.30. The first-order valence-corrected chi connectivity index (χ1v) is 5.59. The predicted octanol–water partition coefficient (Wildman–Crippen LogP) is 1.79. The second-order valence-electron chi connectivity index (χ2n) is 4.04. The molecule has 1 unspecified atom stereocenters. The van der Waals surface area contributed by atoms with Gasteiger partial charge in [-0.3, -0.25) is 14.7 Å². The molecule has 1 aromatic heterocycles. The smallest absolute Gasteiger partial charge is 0.307 e. The van der Waals surface area contributed by atoms with Gasteiger partial charge < -0.3 is 5.11 Å². The number of carboxylic acids is 1. The minimum atomic E-state index is -0.778. The minimum Gasteiger partial charge on any atom is -0.481 e. The van der Waals surface area contributed by atoms with Gasteiger partial charge in [-0.2, -0.15) is 0 Å². The summed E-state index contributed by atoms with van der Waals surface area (Å²) in [4.78, 5) is 17.1. The Morgan fingerprint density at radius 1 is 1.65 bits per heavy atom. The monoisotopic (exact) mass is 234 g/mol. The van der Waals surface area contributed by atoms with Crippen LogP contribution >= 0.6 is 0 Å². The first-order valence-electron chi connectivity index (χ1n) is 5.59. The first kappa shape index (κ1) is 13.4. The molecule has 4 heteroatoms. The lowest BCUT2D eigenvalue weighted by atomic mass is 10.1. The Labute approximate surface area is 102 Å². The van der Waals surface area contributed by atoms with Crippen molar-refractivity contribution < 1.29 is 9.90 Å². The number of nitrogens with zero attached hydrogens (tertiary/aromatic N) is 2. The second kappa shape index (κ2) is 6.81. The van der Waals surface area contributed by atoms with Crippen LogP contribution in [0.3, 0.4) is 0 Å². The van der Waals surface area contributed by atoms with Crippen LogP contribution in [0, 0.1) is 5.92 Å². The van der Waals surface area contributed by atoms with E-state index in [2.05, 4.69) is 11.6 Å². The van der Waals surface area contributed by atoms with Crippen molar-refractivity contribution in [2.24, 2.45) is 5.92 Å². The number of hydrogen-bond acceptors (Lipinski definition) is 3. The molecule has 0 aliphatic heterocycles. The summed E-state index contributed by atoms with van der Waals surface area (Å²) in [5.41, 5.74) is 0.937. The molecule has 0 amide bonds.